The number of nitrogens with zero attached hydrogens (tertiary/aromatic N) is 1. The van der Waals surface area contributed by atoms with Crippen LogP contribution >= 0.6 is 0 Å². The van der Waals surface area contributed by atoms with Crippen molar-refractivity contribution < 1.29 is 13.6 Å². The minimum Gasteiger partial charge on any atom is -0.733 e. The van der Waals surface area contributed by atoms with E-state index in [1.54, 1.807) is 30.5 Å². The number of rotatable bonds is 6. The van der Waals surface area contributed by atoms with Crippen molar-refractivity contribution in [2.75, 3.05) is 0 Å². The van der Waals surface area contributed by atoms with Gasteiger partial charge in [-0.05, 0) is 56.6 Å². The Balaban J connectivity index is 1.83. The van der Waals surface area contributed by atoms with Crippen LogP contribution in [0.2, 0.25) is 0 Å². The van der Waals surface area contributed by atoms with Crippen molar-refractivity contribution in [2.24, 2.45) is 5.92 Å². The fourth-order valence-electron chi connectivity index (χ4n) is 5.26. The highest BCUT2D eigenvalue weighted by atomic mass is 32.2. The van der Waals surface area contributed by atoms with Crippen molar-refractivity contribution >= 4 is 15.5 Å². The molecule has 0 saturated heterocycles. The Labute approximate surface area is 190 Å². The number of aryl methyl sites for hydroxylation is 1. The van der Waals surface area contributed by atoms with Gasteiger partial charge in [0.25, 0.3) is 0 Å². The summed E-state index contributed by atoms with van der Waals surface area (Å²) in [5, 5.41) is 22.4. The highest BCUT2D eigenvalue weighted by molar-refractivity contribution is 7.91. The van der Waals surface area contributed by atoms with E-state index in [1.807, 2.05) is 13.0 Å². The van der Waals surface area contributed by atoms with Crippen LogP contribution in [0.4, 0.5) is 0 Å². The number of hydrogen-bond donors (Lipinski definition) is 2. The molecule has 32 heavy (non-hydrogen) atoms. The maximum atomic E-state index is 13.6. The van der Waals surface area contributed by atoms with Crippen LogP contribution < -0.4 is 0 Å². The fraction of sp³-hybridized carbons (Fsp3) is 0.520. The topological polar surface area (TPSA) is 96.5 Å². The molecule has 2 aliphatic carbocycles. The van der Waals surface area contributed by atoms with E-state index in [9.17, 15) is 18.8 Å². The number of nitrogens with one attached hydrogen (secondary N) is 1. The summed E-state index contributed by atoms with van der Waals surface area (Å²) in [4.78, 5) is 3.22. The summed E-state index contributed by atoms with van der Waals surface area (Å²) in [5.74, 6) is 0.253. The molecule has 2 aromatic rings. The lowest BCUT2D eigenvalue weighted by Crippen LogP contribution is -2.16. The van der Waals surface area contributed by atoms with Gasteiger partial charge >= 0.3 is 0 Å². The lowest BCUT2D eigenvalue weighted by molar-refractivity contribution is 0.0246. The zero-order valence-corrected chi connectivity index (χ0v) is 19.5. The third-order valence-corrected chi connectivity index (χ3v) is 8.79. The van der Waals surface area contributed by atoms with Gasteiger partial charge < -0.3 is 15.4 Å². The number of allylic oxidation sites excluding steroid dienone is 1. The summed E-state index contributed by atoms with van der Waals surface area (Å²) >= 11 is 0. The van der Waals surface area contributed by atoms with Gasteiger partial charge in [-0.15, -0.1) is 0 Å². The lowest BCUT2D eigenvalue weighted by atomic mass is 9.82. The molecule has 1 heterocycles. The van der Waals surface area contributed by atoms with Crippen LogP contribution in [0.3, 0.4) is 0 Å². The third kappa shape index (κ3) is 4.80. The van der Waals surface area contributed by atoms with Gasteiger partial charge in [0.1, 0.15) is 5.03 Å². The molecule has 4 rings (SSSR count). The quantitative estimate of drug-likeness (QED) is 0.495. The van der Waals surface area contributed by atoms with Gasteiger partial charge in [-0.3, -0.25) is 5.21 Å². The minimum atomic E-state index is -3.79. The average Bonchev–Trinajstić information content (AvgIpc) is 3.24. The second-order valence-electron chi connectivity index (χ2n) is 9.32. The molecule has 1 aromatic carbocycles. The molecule has 0 atom stereocenters. The van der Waals surface area contributed by atoms with Crippen LogP contribution in [0, 0.1) is 18.0 Å². The second kappa shape index (κ2) is 9.81. The number of aromatic amines is 1. The molecular formula is C25H33N2O4S-. The molecule has 6 nitrogen and oxygen atoms in total. The first-order valence-electron chi connectivity index (χ1n) is 11.8. The van der Waals surface area contributed by atoms with Crippen molar-refractivity contribution in [1.82, 2.24) is 10.2 Å². The van der Waals surface area contributed by atoms with E-state index in [-0.39, 0.29) is 32.7 Å². The molecule has 0 amide bonds. The van der Waals surface area contributed by atoms with Gasteiger partial charge in [-0.2, -0.15) is 0 Å². The Kier molecular flexibility index (Phi) is 7.08. The average molecular weight is 458 g/mol. The summed E-state index contributed by atoms with van der Waals surface area (Å²) < 4.78 is 27.2. The molecule has 2 aliphatic rings. The van der Waals surface area contributed by atoms with Crippen molar-refractivity contribution in [3.05, 3.63) is 58.4 Å². The largest absolute Gasteiger partial charge is 0.733 e. The van der Waals surface area contributed by atoms with Gasteiger partial charge in [0, 0.05) is 17.3 Å². The number of H-pyrrole nitrogens is 1. The predicted octanol–water partition coefficient (Wildman–Crippen LogP) is 6.31. The van der Waals surface area contributed by atoms with Gasteiger partial charge in [0.15, 0.2) is 0 Å². The molecule has 174 valence electrons. The van der Waals surface area contributed by atoms with E-state index >= 15 is 0 Å². The zero-order valence-electron chi connectivity index (χ0n) is 18.7. The van der Waals surface area contributed by atoms with E-state index in [1.165, 1.54) is 6.42 Å². The van der Waals surface area contributed by atoms with Crippen LogP contribution in [0.15, 0.2) is 46.5 Å². The molecule has 0 radical (unpaired) electrons. The number of sulfone groups is 1. The summed E-state index contributed by atoms with van der Waals surface area (Å²) in [5.41, 5.74) is 2.33. The first kappa shape index (κ1) is 23.1. The van der Waals surface area contributed by atoms with E-state index in [0.29, 0.717) is 11.1 Å². The maximum absolute atomic E-state index is 13.6. The normalized spacial score (nSPS) is 19.3. The molecule has 7 heteroatoms. The number of benzene rings is 1. The minimum absolute atomic E-state index is 0.0370. The van der Waals surface area contributed by atoms with E-state index in [2.05, 4.69) is 4.98 Å². The molecular weight excluding hydrogens is 424 g/mol. The van der Waals surface area contributed by atoms with Crippen LogP contribution in [0.1, 0.15) is 86.8 Å². The Morgan fingerprint density at radius 2 is 1.62 bits per heavy atom. The fourth-order valence-corrected chi connectivity index (χ4v) is 6.77. The van der Waals surface area contributed by atoms with Crippen molar-refractivity contribution in [3.63, 3.8) is 0 Å². The van der Waals surface area contributed by atoms with Crippen molar-refractivity contribution in [1.29, 1.82) is 0 Å². The molecule has 2 fully saturated rings. The van der Waals surface area contributed by atoms with E-state index in [0.717, 1.165) is 63.4 Å². The molecule has 0 spiro atoms. The number of hydroxylamine groups is 2. The summed E-state index contributed by atoms with van der Waals surface area (Å²) in [6, 6.07) is 6.83. The highest BCUT2D eigenvalue weighted by Gasteiger charge is 2.32. The summed E-state index contributed by atoms with van der Waals surface area (Å²) in [6.45, 7) is 1.92. The standard InChI is InChI=1S/C25H33N2O4S/c1-18-12-14-21(15-13-18)32(30,31)25-24(20-10-6-3-7-11-20)22(17-26-25)23(27(28)29)16-19-8-4-2-5-9-19/h12-17,19-20,26,28H,2-11H2,1H3/q-1/b23-16-. The Bertz CT molecular complexity index is 1040. The summed E-state index contributed by atoms with van der Waals surface area (Å²) in [6.07, 6.45) is 13.8. The predicted molar refractivity (Wildman–Crippen MR) is 125 cm³/mol. The van der Waals surface area contributed by atoms with Gasteiger partial charge in [-0.25, -0.2) is 8.42 Å². The van der Waals surface area contributed by atoms with Gasteiger partial charge in [0.2, 0.25) is 9.84 Å². The number of aromatic nitrogens is 1. The third-order valence-electron chi connectivity index (χ3n) is 7.02. The highest BCUT2D eigenvalue weighted by Crippen LogP contribution is 2.42. The monoisotopic (exact) mass is 457 g/mol. The molecule has 1 aromatic heterocycles. The first-order chi connectivity index (χ1) is 15.4. The van der Waals surface area contributed by atoms with Crippen LogP contribution in [-0.4, -0.2) is 23.8 Å². The molecule has 0 unspecified atom stereocenters. The maximum Gasteiger partial charge on any atom is 0.222 e. The molecule has 0 bridgehead atoms. The Hall–Kier alpha value is -2.09. The van der Waals surface area contributed by atoms with Gasteiger partial charge in [0.05, 0.1) is 10.6 Å². The Morgan fingerprint density at radius 1 is 1.03 bits per heavy atom. The van der Waals surface area contributed by atoms with E-state index in [4.69, 9.17) is 0 Å². The Morgan fingerprint density at radius 3 is 2.22 bits per heavy atom. The molecule has 0 aliphatic heterocycles. The molecule has 2 saturated carbocycles. The SMILES string of the molecule is Cc1ccc(S(=O)(=O)c2[nH]cc(/C(=C/C3CCCCC3)N([O-])O)c2C2CCCCC2)cc1. The van der Waals surface area contributed by atoms with Crippen LogP contribution in [-0.2, 0) is 9.84 Å². The van der Waals surface area contributed by atoms with Gasteiger partial charge in [-0.1, -0.05) is 62.3 Å². The first-order valence-corrected chi connectivity index (χ1v) is 13.3. The van der Waals surface area contributed by atoms with Crippen molar-refractivity contribution in [2.45, 2.75) is 87.0 Å². The lowest BCUT2D eigenvalue weighted by Gasteiger charge is -2.30. The van der Waals surface area contributed by atoms with Crippen molar-refractivity contribution in [3.8, 4) is 0 Å². The smallest absolute Gasteiger partial charge is 0.222 e. The van der Waals surface area contributed by atoms with E-state index < -0.39 is 9.84 Å². The number of hydrogen-bond acceptors (Lipinski definition) is 5. The van der Waals surface area contributed by atoms with Crippen LogP contribution in [0.25, 0.3) is 5.70 Å². The molecule has 2 N–H and O–H groups in total. The zero-order chi connectivity index (χ0) is 22.7. The van der Waals surface area contributed by atoms with Crippen LogP contribution in [0.5, 0.6) is 0 Å². The summed E-state index contributed by atoms with van der Waals surface area (Å²) in [7, 11) is -3.79. The second-order valence-corrected chi connectivity index (χ2v) is 11.2.